The summed E-state index contributed by atoms with van der Waals surface area (Å²) in [4.78, 5) is 10.3. The molecule has 272 valence electrons. The van der Waals surface area contributed by atoms with Crippen molar-refractivity contribution in [2.24, 2.45) is 0 Å². The van der Waals surface area contributed by atoms with E-state index in [4.69, 9.17) is 14.7 Å². The summed E-state index contributed by atoms with van der Waals surface area (Å²) in [5.41, 5.74) is 10.3. The Labute approximate surface area is 322 Å². The zero-order chi connectivity index (χ0) is 38.0. The fourth-order valence-electron chi connectivity index (χ4n) is 8.12. The van der Waals surface area contributed by atoms with Crippen LogP contribution in [-0.2, 0) is 5.41 Å². The van der Waals surface area contributed by atoms with E-state index in [-0.39, 0.29) is 5.41 Å². The van der Waals surface area contributed by atoms with Crippen molar-refractivity contribution in [1.82, 2.24) is 19.1 Å². The third kappa shape index (κ3) is 5.95. The second-order valence-electron chi connectivity index (χ2n) is 16.3. The van der Waals surface area contributed by atoms with Gasteiger partial charge in [-0.05, 0) is 87.9 Å². The quantitative estimate of drug-likeness (QED) is 0.165. The van der Waals surface area contributed by atoms with Crippen molar-refractivity contribution < 1.29 is 4.74 Å². The second-order valence-corrected chi connectivity index (χ2v) is 16.3. The molecule has 5 nitrogen and oxygen atoms in total. The molecule has 0 fully saturated rings. The number of rotatable bonds is 7. The van der Waals surface area contributed by atoms with E-state index in [0.717, 1.165) is 56.2 Å². The highest BCUT2D eigenvalue weighted by atomic mass is 16.5. The van der Waals surface area contributed by atoms with Gasteiger partial charge in [0.05, 0.1) is 27.8 Å². The zero-order valence-corrected chi connectivity index (χ0v) is 32.6. The summed E-state index contributed by atoms with van der Waals surface area (Å²) in [6, 6.07) is 47.3. The van der Waals surface area contributed by atoms with Crippen LogP contribution in [0.25, 0.3) is 66.5 Å². The molecule has 3 aromatic heterocycles. The van der Waals surface area contributed by atoms with Crippen LogP contribution in [0.3, 0.4) is 0 Å². The Hall–Kier alpha value is -6.20. The Bertz CT molecular complexity index is 2880. The molecule has 0 unspecified atom stereocenters. The molecule has 0 saturated carbocycles. The first-order valence-electron chi connectivity index (χ1n) is 19.4. The Balaban J connectivity index is 1.21. The van der Waals surface area contributed by atoms with E-state index in [1.807, 2.05) is 12.3 Å². The molecular formula is C50H46N4O. The van der Waals surface area contributed by atoms with Gasteiger partial charge in [-0.3, -0.25) is 9.13 Å². The normalized spacial score (nSPS) is 12.2. The Morgan fingerprint density at radius 2 is 1.27 bits per heavy atom. The maximum absolute atomic E-state index is 6.76. The maximum Gasteiger partial charge on any atom is 0.145 e. The molecule has 3 heterocycles. The molecule has 0 aliphatic heterocycles. The molecule has 0 radical (unpaired) electrons. The molecule has 6 aromatic carbocycles. The maximum atomic E-state index is 6.76. The summed E-state index contributed by atoms with van der Waals surface area (Å²) in [5, 5.41) is 4.72. The highest BCUT2D eigenvalue weighted by molar-refractivity contribution is 6.09. The first-order valence-corrected chi connectivity index (χ1v) is 19.4. The molecule has 9 rings (SSSR count). The van der Waals surface area contributed by atoms with Gasteiger partial charge in [0.2, 0.25) is 0 Å². The fraction of sp³-hybridized carbons (Fsp3) is 0.200. The molecular weight excluding hydrogens is 673 g/mol. The number of nitrogens with zero attached hydrogens (tertiary/aromatic N) is 4. The molecule has 0 spiro atoms. The number of benzene rings is 6. The third-order valence-corrected chi connectivity index (χ3v) is 10.9. The van der Waals surface area contributed by atoms with Crippen molar-refractivity contribution in [3.63, 3.8) is 0 Å². The first kappa shape index (κ1) is 34.6. The molecule has 0 amide bonds. The van der Waals surface area contributed by atoms with Gasteiger partial charge >= 0.3 is 0 Å². The van der Waals surface area contributed by atoms with Crippen LogP contribution in [0.1, 0.15) is 77.0 Å². The van der Waals surface area contributed by atoms with Crippen molar-refractivity contribution in [3.05, 3.63) is 156 Å². The van der Waals surface area contributed by atoms with Gasteiger partial charge in [-0.1, -0.05) is 127 Å². The first-order chi connectivity index (χ1) is 26.6. The van der Waals surface area contributed by atoms with E-state index < -0.39 is 0 Å². The number of fused-ring (bicyclic) bond motifs is 6. The van der Waals surface area contributed by atoms with E-state index in [9.17, 15) is 0 Å². The summed E-state index contributed by atoms with van der Waals surface area (Å²) >= 11 is 0. The Morgan fingerprint density at radius 1 is 0.582 bits per heavy atom. The minimum absolute atomic E-state index is 0.00335. The number of para-hydroxylation sites is 2. The van der Waals surface area contributed by atoms with Crippen LogP contribution in [0.5, 0.6) is 11.5 Å². The van der Waals surface area contributed by atoms with E-state index in [1.165, 1.54) is 38.5 Å². The SMILES string of the molecule is CC(C)c1cccc(C(C)C)c1-n1c(-c2cccc(Oc3ccc4c5ccccc5n(-c5cc(C(C)(C)C)ccn5)c4c3)c2)nc2ccc3ccccc3c21. The highest BCUT2D eigenvalue weighted by Gasteiger charge is 2.24. The summed E-state index contributed by atoms with van der Waals surface area (Å²) in [7, 11) is 0. The molecule has 0 aliphatic carbocycles. The van der Waals surface area contributed by atoms with Crippen molar-refractivity contribution in [1.29, 1.82) is 0 Å². The lowest BCUT2D eigenvalue weighted by Gasteiger charge is -2.23. The lowest BCUT2D eigenvalue weighted by molar-refractivity contribution is 0.483. The van der Waals surface area contributed by atoms with Gasteiger partial charge in [-0.15, -0.1) is 0 Å². The van der Waals surface area contributed by atoms with Gasteiger partial charge in [0.25, 0.3) is 0 Å². The van der Waals surface area contributed by atoms with Crippen molar-refractivity contribution >= 4 is 43.6 Å². The summed E-state index contributed by atoms with van der Waals surface area (Å²) < 4.78 is 11.4. The number of hydrogen-bond acceptors (Lipinski definition) is 3. The van der Waals surface area contributed by atoms with E-state index in [0.29, 0.717) is 11.8 Å². The number of ether oxygens (including phenoxy) is 1. The largest absolute Gasteiger partial charge is 0.457 e. The average molecular weight is 719 g/mol. The third-order valence-electron chi connectivity index (χ3n) is 10.9. The zero-order valence-electron chi connectivity index (χ0n) is 32.6. The van der Waals surface area contributed by atoms with Crippen LogP contribution in [0, 0.1) is 0 Å². The molecule has 55 heavy (non-hydrogen) atoms. The van der Waals surface area contributed by atoms with Gasteiger partial charge in [0.1, 0.15) is 23.1 Å². The molecule has 0 aliphatic rings. The van der Waals surface area contributed by atoms with Crippen LogP contribution < -0.4 is 4.74 Å². The number of pyridine rings is 1. The topological polar surface area (TPSA) is 44.9 Å². The van der Waals surface area contributed by atoms with E-state index in [2.05, 4.69) is 185 Å². The highest BCUT2D eigenvalue weighted by Crippen LogP contribution is 2.41. The van der Waals surface area contributed by atoms with Crippen molar-refractivity contribution in [2.45, 2.75) is 65.7 Å². The second kappa shape index (κ2) is 13.3. The minimum atomic E-state index is -0.00335. The van der Waals surface area contributed by atoms with Crippen LogP contribution in [0.4, 0.5) is 0 Å². The standard InChI is InChI=1S/C50H46N4O/c1-31(2)38-19-13-20-39(32(3)4)47(38)54-48-40-17-9-8-14-33(40)22-25-43(48)52-49(54)34-15-12-16-36(28-34)55-37-23-24-42-41-18-10-11-21-44(41)53(45(42)30-37)46-29-35(26-27-51-46)50(5,6)7/h8-32H,1-7H3. The average Bonchev–Trinajstić information content (AvgIpc) is 3.73. The fourth-order valence-corrected chi connectivity index (χ4v) is 8.12. The van der Waals surface area contributed by atoms with Gasteiger partial charge in [0.15, 0.2) is 0 Å². The number of hydrogen-bond donors (Lipinski definition) is 0. The smallest absolute Gasteiger partial charge is 0.145 e. The summed E-state index contributed by atoms with van der Waals surface area (Å²) in [6.45, 7) is 15.8. The van der Waals surface area contributed by atoms with Crippen LogP contribution in [0.2, 0.25) is 0 Å². The van der Waals surface area contributed by atoms with Crippen LogP contribution in [-0.4, -0.2) is 19.1 Å². The predicted molar refractivity (Wildman–Crippen MR) is 230 cm³/mol. The van der Waals surface area contributed by atoms with Crippen LogP contribution >= 0.6 is 0 Å². The summed E-state index contributed by atoms with van der Waals surface area (Å²) in [5.74, 6) is 3.93. The molecule has 0 saturated heterocycles. The predicted octanol–water partition coefficient (Wildman–Crippen LogP) is 13.7. The van der Waals surface area contributed by atoms with Crippen LogP contribution in [0.15, 0.2) is 140 Å². The monoisotopic (exact) mass is 718 g/mol. The van der Waals surface area contributed by atoms with E-state index in [1.54, 1.807) is 0 Å². The van der Waals surface area contributed by atoms with Gasteiger partial charge < -0.3 is 4.74 Å². The van der Waals surface area contributed by atoms with E-state index >= 15 is 0 Å². The molecule has 0 atom stereocenters. The number of imidazole rings is 1. The summed E-state index contributed by atoms with van der Waals surface area (Å²) in [6.07, 6.45) is 1.92. The lowest BCUT2D eigenvalue weighted by atomic mass is 9.88. The molecule has 0 bridgehead atoms. The van der Waals surface area contributed by atoms with Crippen molar-refractivity contribution in [3.8, 4) is 34.4 Å². The van der Waals surface area contributed by atoms with Gasteiger partial charge in [-0.2, -0.15) is 0 Å². The van der Waals surface area contributed by atoms with Crippen molar-refractivity contribution in [2.75, 3.05) is 0 Å². The lowest BCUT2D eigenvalue weighted by Crippen LogP contribution is -2.12. The molecule has 5 heteroatoms. The molecule has 0 N–H and O–H groups in total. The van der Waals surface area contributed by atoms with Gasteiger partial charge in [0, 0.05) is 34.0 Å². The molecule has 9 aromatic rings. The van der Waals surface area contributed by atoms with Gasteiger partial charge in [-0.25, -0.2) is 9.97 Å². The minimum Gasteiger partial charge on any atom is -0.457 e. The Morgan fingerprint density at radius 3 is 2.04 bits per heavy atom. The Kier molecular flexibility index (Phi) is 8.34. The number of aromatic nitrogens is 4.